The Balaban J connectivity index is 2.69. The van der Waals surface area contributed by atoms with Crippen molar-refractivity contribution in [2.75, 3.05) is 6.26 Å². The van der Waals surface area contributed by atoms with E-state index in [4.69, 9.17) is 4.18 Å². The van der Waals surface area contributed by atoms with Gasteiger partial charge in [-0.25, -0.2) is 4.79 Å². The van der Waals surface area contributed by atoms with Crippen LogP contribution in [-0.4, -0.2) is 37.1 Å². The van der Waals surface area contributed by atoms with Gasteiger partial charge in [-0.3, -0.25) is 24.4 Å². The molecule has 10 nitrogen and oxygen atoms in total. The van der Waals surface area contributed by atoms with Crippen molar-refractivity contribution >= 4 is 27.7 Å². The zero-order valence-electron chi connectivity index (χ0n) is 13.7. The Hall–Kier alpha value is -2.74. The summed E-state index contributed by atoms with van der Waals surface area (Å²) >= 11 is 0. The lowest BCUT2D eigenvalue weighted by atomic mass is 9.88. The Morgan fingerprint density at radius 2 is 1.89 bits per heavy atom. The van der Waals surface area contributed by atoms with Crippen LogP contribution in [0.2, 0.25) is 0 Å². The first-order chi connectivity index (χ1) is 12.1. The molecule has 0 saturated carbocycles. The Kier molecular flexibility index (Phi) is 4.92. The molecule has 2 unspecified atom stereocenters. The van der Waals surface area contributed by atoms with E-state index in [9.17, 15) is 41.3 Å². The van der Waals surface area contributed by atoms with Crippen LogP contribution in [0.15, 0.2) is 18.2 Å². The number of imide groups is 1. The lowest BCUT2D eigenvalue weighted by Crippen LogP contribution is -2.50. The first-order valence-corrected chi connectivity index (χ1v) is 8.84. The zero-order valence-corrected chi connectivity index (χ0v) is 14.5. The van der Waals surface area contributed by atoms with Gasteiger partial charge in [0.1, 0.15) is 17.2 Å². The molecule has 0 aliphatic carbocycles. The van der Waals surface area contributed by atoms with E-state index in [0.717, 1.165) is 13.0 Å². The fourth-order valence-corrected chi connectivity index (χ4v) is 3.16. The number of nitrogens with zero attached hydrogens (tertiary/aromatic N) is 1. The van der Waals surface area contributed by atoms with Gasteiger partial charge in [0.15, 0.2) is 0 Å². The molecule has 1 aromatic rings. The summed E-state index contributed by atoms with van der Waals surface area (Å²) in [4.78, 5) is 33.1. The number of urea groups is 1. The molecule has 148 valence electrons. The van der Waals surface area contributed by atoms with E-state index in [2.05, 4.69) is 5.32 Å². The third-order valence-corrected chi connectivity index (χ3v) is 4.23. The maximum Gasteiger partial charge on any atom is 0.423 e. The number of benzene rings is 1. The molecule has 2 atom stereocenters. The standard InChI is InChI=1S/C13H12F3N3O7S/c1-12(10(20)17-11(21)18-12)9(26-27(2,24)25)6-3-4-8(19(22)23)7(5-6)13(14,15)16/h3-5,9H,1-2H3,(H2,17,18,20,21). The third kappa shape index (κ3) is 4.16. The molecule has 0 spiro atoms. The van der Waals surface area contributed by atoms with Gasteiger partial charge in [-0.05, 0) is 24.6 Å². The monoisotopic (exact) mass is 411 g/mol. The topological polar surface area (TPSA) is 145 Å². The number of halogens is 3. The van der Waals surface area contributed by atoms with Crippen LogP contribution >= 0.6 is 0 Å². The quantitative estimate of drug-likeness (QED) is 0.321. The van der Waals surface area contributed by atoms with Gasteiger partial charge in [0, 0.05) is 6.07 Å². The van der Waals surface area contributed by atoms with Gasteiger partial charge in [-0.15, -0.1) is 0 Å². The molecule has 1 aliphatic heterocycles. The van der Waals surface area contributed by atoms with Crippen LogP contribution in [-0.2, 0) is 25.3 Å². The van der Waals surface area contributed by atoms with Gasteiger partial charge in [-0.1, -0.05) is 0 Å². The number of hydrogen-bond acceptors (Lipinski definition) is 7. The average molecular weight is 411 g/mol. The third-order valence-electron chi connectivity index (χ3n) is 3.69. The van der Waals surface area contributed by atoms with Crippen molar-refractivity contribution in [3.8, 4) is 0 Å². The Bertz CT molecular complexity index is 932. The van der Waals surface area contributed by atoms with Crippen LogP contribution in [0.3, 0.4) is 0 Å². The minimum Gasteiger partial charge on any atom is -0.321 e. The zero-order chi connectivity index (χ0) is 20.8. The largest absolute Gasteiger partial charge is 0.423 e. The van der Waals surface area contributed by atoms with Crippen molar-refractivity contribution in [1.82, 2.24) is 10.6 Å². The maximum atomic E-state index is 13.2. The summed E-state index contributed by atoms with van der Waals surface area (Å²) in [5.41, 5.74) is -5.54. The van der Waals surface area contributed by atoms with Crippen LogP contribution in [0.25, 0.3) is 0 Å². The lowest BCUT2D eigenvalue weighted by molar-refractivity contribution is -0.388. The maximum absolute atomic E-state index is 13.2. The highest BCUT2D eigenvalue weighted by Gasteiger charge is 2.52. The molecule has 2 rings (SSSR count). The predicted octanol–water partition coefficient (Wildman–Crippen LogP) is 1.23. The number of nitro benzene ring substituents is 1. The molecule has 14 heteroatoms. The summed E-state index contributed by atoms with van der Waals surface area (Å²) in [5, 5.41) is 14.8. The van der Waals surface area contributed by atoms with Gasteiger partial charge < -0.3 is 5.32 Å². The number of carbonyl (C=O) groups is 2. The Morgan fingerprint density at radius 3 is 2.30 bits per heavy atom. The van der Waals surface area contributed by atoms with Crippen molar-refractivity contribution in [3.63, 3.8) is 0 Å². The second kappa shape index (κ2) is 6.45. The van der Waals surface area contributed by atoms with Crippen molar-refractivity contribution in [2.45, 2.75) is 24.7 Å². The SMILES string of the molecule is CC1(C(OS(C)(=O)=O)c2ccc([N+](=O)[O-])c(C(F)(F)F)c2)NC(=O)NC1=O. The number of rotatable bonds is 5. The molecule has 1 saturated heterocycles. The molecule has 3 amide bonds. The number of nitrogens with one attached hydrogen (secondary N) is 2. The van der Waals surface area contributed by atoms with Crippen LogP contribution < -0.4 is 10.6 Å². The molecule has 1 heterocycles. The van der Waals surface area contributed by atoms with Gasteiger partial charge in [-0.2, -0.15) is 21.6 Å². The minimum atomic E-state index is -5.14. The molecule has 1 aliphatic rings. The second-order valence-corrected chi connectivity index (χ2v) is 7.42. The van der Waals surface area contributed by atoms with E-state index >= 15 is 0 Å². The molecular weight excluding hydrogens is 399 g/mol. The van der Waals surface area contributed by atoms with Crippen molar-refractivity contribution in [2.24, 2.45) is 0 Å². The molecular formula is C13H12F3N3O7S. The molecule has 0 bridgehead atoms. The first kappa shape index (κ1) is 20.6. The van der Waals surface area contributed by atoms with Gasteiger partial charge in [0.05, 0.1) is 11.2 Å². The lowest BCUT2D eigenvalue weighted by Gasteiger charge is -2.30. The number of carbonyl (C=O) groups excluding carboxylic acids is 2. The van der Waals surface area contributed by atoms with Gasteiger partial charge >= 0.3 is 12.2 Å². The first-order valence-electron chi connectivity index (χ1n) is 7.02. The van der Waals surface area contributed by atoms with Gasteiger partial charge in [0.2, 0.25) is 0 Å². The van der Waals surface area contributed by atoms with Crippen LogP contribution in [0.1, 0.15) is 24.2 Å². The van der Waals surface area contributed by atoms with Gasteiger partial charge in [0.25, 0.3) is 21.7 Å². The fourth-order valence-electron chi connectivity index (χ4n) is 2.50. The van der Waals surface area contributed by atoms with Crippen LogP contribution in [0.4, 0.5) is 23.7 Å². The summed E-state index contributed by atoms with van der Waals surface area (Å²) in [5.74, 6) is -1.05. The Labute approximate surface area is 150 Å². The van der Waals surface area contributed by atoms with E-state index < -0.39 is 61.6 Å². The highest BCUT2D eigenvalue weighted by molar-refractivity contribution is 7.86. The van der Waals surface area contributed by atoms with E-state index in [1.165, 1.54) is 0 Å². The molecule has 1 fully saturated rings. The summed E-state index contributed by atoms with van der Waals surface area (Å²) in [6, 6.07) is 0.612. The highest BCUT2D eigenvalue weighted by Crippen LogP contribution is 2.40. The summed E-state index contributed by atoms with van der Waals surface area (Å²) in [6.45, 7) is 1.04. The van der Waals surface area contributed by atoms with Crippen molar-refractivity contribution in [1.29, 1.82) is 0 Å². The predicted molar refractivity (Wildman–Crippen MR) is 81.8 cm³/mol. The average Bonchev–Trinajstić information content (AvgIpc) is 2.75. The number of amides is 3. The summed E-state index contributed by atoms with van der Waals surface area (Å²) < 4.78 is 67.4. The van der Waals surface area contributed by atoms with Crippen LogP contribution in [0.5, 0.6) is 0 Å². The van der Waals surface area contributed by atoms with Crippen molar-refractivity contribution in [3.05, 3.63) is 39.4 Å². The molecule has 27 heavy (non-hydrogen) atoms. The Morgan fingerprint density at radius 1 is 1.30 bits per heavy atom. The fraction of sp³-hybridized carbons (Fsp3) is 0.385. The second-order valence-electron chi connectivity index (χ2n) is 5.82. The van der Waals surface area contributed by atoms with E-state index in [-0.39, 0.29) is 0 Å². The molecule has 1 aromatic carbocycles. The molecule has 0 aromatic heterocycles. The molecule has 0 radical (unpaired) electrons. The summed E-state index contributed by atoms with van der Waals surface area (Å²) in [6.07, 6.45) is -6.47. The van der Waals surface area contributed by atoms with E-state index in [1.807, 2.05) is 5.32 Å². The minimum absolute atomic E-state index is 0.303. The van der Waals surface area contributed by atoms with E-state index in [1.54, 1.807) is 0 Å². The number of alkyl halides is 3. The number of hydrogen-bond donors (Lipinski definition) is 2. The van der Waals surface area contributed by atoms with E-state index in [0.29, 0.717) is 18.4 Å². The highest BCUT2D eigenvalue weighted by atomic mass is 32.2. The van der Waals surface area contributed by atoms with Crippen LogP contribution in [0, 0.1) is 10.1 Å². The molecule has 2 N–H and O–H groups in total. The number of nitro groups is 1. The summed E-state index contributed by atoms with van der Waals surface area (Å²) in [7, 11) is -4.31. The smallest absolute Gasteiger partial charge is 0.321 e. The van der Waals surface area contributed by atoms with Crippen molar-refractivity contribution < 1.29 is 40.3 Å². The normalized spacial score (nSPS) is 21.5.